The molecule has 1 N–H and O–H groups in total. The fraction of sp³-hybridized carbons (Fsp3) is 0.438. The van der Waals surface area contributed by atoms with Crippen molar-refractivity contribution in [2.75, 3.05) is 58.9 Å². The van der Waals surface area contributed by atoms with Crippen LogP contribution in [0.4, 0.5) is 0 Å². The largest absolute Gasteiger partial charge is 0.549 e. The molecule has 0 bridgehead atoms. The average molecular weight is 654 g/mol. The first kappa shape index (κ1) is 38.3. The Morgan fingerprint density at radius 3 is 1.34 bits per heavy atom. The number of carbonyl (C=O) groups is 6. The Morgan fingerprint density at radius 2 is 0.979 bits per heavy atom. The van der Waals surface area contributed by atoms with E-state index in [-0.39, 0.29) is 51.5 Å². The molecule has 0 fully saturated rings. The van der Waals surface area contributed by atoms with Crippen LogP contribution in [0.3, 0.4) is 0 Å². The third kappa shape index (κ3) is 14.9. The molecule has 2 rings (SSSR count). The number of carboxylic acid groups (broad SMARTS) is 5. The van der Waals surface area contributed by atoms with Crippen molar-refractivity contribution in [3.8, 4) is 0 Å². The number of carbonyl (C=O) groups excluding carboxylic acids is 6. The van der Waals surface area contributed by atoms with E-state index in [1.54, 1.807) is 0 Å². The summed E-state index contributed by atoms with van der Waals surface area (Å²) >= 11 is 0. The molecule has 0 aliphatic carbocycles. The van der Waals surface area contributed by atoms with E-state index in [9.17, 15) is 54.3 Å². The molecule has 1 atom stereocenters. The molecule has 2 aromatic carbocycles. The monoisotopic (exact) mass is 653 g/mol. The molecule has 0 radical (unpaired) electrons. The summed E-state index contributed by atoms with van der Waals surface area (Å²) in [6, 6.07) is 17.1. The zero-order valence-electron chi connectivity index (χ0n) is 25.7. The molecule has 47 heavy (non-hydrogen) atoms. The number of nitrogens with one attached hydrogen (secondary N) is 1. The number of benzene rings is 2. The molecule has 1 unspecified atom stereocenters. The molecule has 0 aliphatic rings. The Morgan fingerprint density at radius 1 is 0.574 bits per heavy atom. The maximum atomic E-state index is 13.2. The van der Waals surface area contributed by atoms with Gasteiger partial charge in [0, 0.05) is 64.9 Å². The highest BCUT2D eigenvalue weighted by molar-refractivity contribution is 5.87. The summed E-state index contributed by atoms with van der Waals surface area (Å²) in [6.45, 7) is -3.88. The van der Waals surface area contributed by atoms with E-state index in [0.717, 1.165) is 20.9 Å². The lowest BCUT2D eigenvalue weighted by Crippen LogP contribution is -2.54. The van der Waals surface area contributed by atoms with Gasteiger partial charge in [-0.3, -0.25) is 19.5 Å². The molecule has 256 valence electrons. The lowest BCUT2D eigenvalue weighted by molar-refractivity contribution is -0.314. The van der Waals surface area contributed by atoms with E-state index in [1.165, 1.54) is 4.90 Å². The van der Waals surface area contributed by atoms with Gasteiger partial charge in [-0.15, -0.1) is 0 Å². The van der Waals surface area contributed by atoms with Crippen LogP contribution in [0.2, 0.25) is 0 Å². The normalized spacial score (nSPS) is 11.9. The first-order valence-corrected chi connectivity index (χ1v) is 14.9. The maximum absolute atomic E-state index is 13.2. The van der Waals surface area contributed by atoms with Gasteiger partial charge in [-0.05, 0) is 30.4 Å². The summed E-state index contributed by atoms with van der Waals surface area (Å²) in [5, 5.41) is 59.6. The van der Waals surface area contributed by atoms with E-state index in [4.69, 9.17) is 0 Å². The lowest BCUT2D eigenvalue weighted by atomic mass is 9.90. The lowest BCUT2D eigenvalue weighted by Gasteiger charge is -2.36. The van der Waals surface area contributed by atoms with Gasteiger partial charge < -0.3 is 54.8 Å². The highest BCUT2D eigenvalue weighted by Gasteiger charge is 2.24. The van der Waals surface area contributed by atoms with Crippen molar-refractivity contribution in [3.05, 3.63) is 71.8 Å². The fourth-order valence-electron chi connectivity index (χ4n) is 5.13. The van der Waals surface area contributed by atoms with Crippen molar-refractivity contribution >= 4 is 35.8 Å². The number of hydrogen-bond acceptors (Lipinski definition) is 14. The Balaban J connectivity index is 2.11. The van der Waals surface area contributed by atoms with E-state index in [0.29, 0.717) is 6.42 Å². The predicted molar refractivity (Wildman–Crippen MR) is 155 cm³/mol. The number of amides is 1. The van der Waals surface area contributed by atoms with E-state index < -0.39 is 68.0 Å². The van der Waals surface area contributed by atoms with Gasteiger partial charge in [0.2, 0.25) is 5.91 Å². The summed E-state index contributed by atoms with van der Waals surface area (Å²) in [5.41, 5.74) is 1.59. The van der Waals surface area contributed by atoms with E-state index >= 15 is 0 Å². The van der Waals surface area contributed by atoms with Crippen LogP contribution in [0.15, 0.2) is 60.7 Å². The predicted octanol–water partition coefficient (Wildman–Crippen LogP) is -5.87. The second-order valence-electron chi connectivity index (χ2n) is 10.8. The minimum absolute atomic E-state index is 0.0129. The Labute approximate surface area is 272 Å². The van der Waals surface area contributed by atoms with Crippen LogP contribution in [0.1, 0.15) is 36.3 Å². The van der Waals surface area contributed by atoms with Crippen molar-refractivity contribution in [1.29, 1.82) is 0 Å². The zero-order valence-corrected chi connectivity index (χ0v) is 25.7. The number of hydrogen-bond donors (Lipinski definition) is 1. The van der Waals surface area contributed by atoms with Crippen LogP contribution in [0.5, 0.6) is 0 Å². The molecular weight excluding hydrogens is 616 g/mol. The van der Waals surface area contributed by atoms with Crippen molar-refractivity contribution in [1.82, 2.24) is 20.0 Å². The minimum atomic E-state index is -1.58. The summed E-state index contributed by atoms with van der Waals surface area (Å²) in [4.78, 5) is 73.1. The number of aliphatic carboxylic acids is 5. The second-order valence-corrected chi connectivity index (χ2v) is 10.8. The standard InChI is InChI=1S/C32H42N4O11/c37-26(38)19-34(20-27(39)40)15-17-36(18-16-35(21-28(41)42)22-29(43)44)25(32(46)47)13-7-8-14-33-31(45)30(23-9-3-1-4-10-23)24-11-5-2-6-12-24/h1-6,9-12,25,30H,7-8,13-22H2,(H,33,45)(H,37,38)(H,39,40)(H,41,42)(H,43,44)(H,46,47)/p-5. The van der Waals surface area contributed by atoms with Gasteiger partial charge in [-0.25, -0.2) is 0 Å². The molecule has 0 saturated heterocycles. The number of nitrogens with zero attached hydrogens (tertiary/aromatic N) is 3. The van der Waals surface area contributed by atoms with Crippen LogP contribution >= 0.6 is 0 Å². The highest BCUT2D eigenvalue weighted by Crippen LogP contribution is 2.24. The molecule has 0 saturated carbocycles. The third-order valence-corrected chi connectivity index (χ3v) is 7.26. The number of unbranched alkanes of at least 4 members (excludes halogenated alkanes) is 1. The molecule has 0 aliphatic heterocycles. The fourth-order valence-corrected chi connectivity index (χ4v) is 5.13. The van der Waals surface area contributed by atoms with Crippen molar-refractivity contribution < 1.29 is 54.3 Å². The molecule has 15 heteroatoms. The van der Waals surface area contributed by atoms with Gasteiger partial charge in [0.25, 0.3) is 0 Å². The second kappa shape index (κ2) is 20.3. The summed E-state index contributed by atoms with van der Waals surface area (Å²) in [6.07, 6.45) is 0.629. The number of carboxylic acids is 5. The van der Waals surface area contributed by atoms with Crippen molar-refractivity contribution in [3.63, 3.8) is 0 Å². The molecule has 0 heterocycles. The van der Waals surface area contributed by atoms with Gasteiger partial charge in [0.1, 0.15) is 0 Å². The summed E-state index contributed by atoms with van der Waals surface area (Å²) in [5.74, 6) is -8.64. The van der Waals surface area contributed by atoms with Crippen LogP contribution in [-0.2, 0) is 28.8 Å². The SMILES string of the molecule is O=C([O-])CN(CCN(CCN(CC(=O)[O-])CC(=O)[O-])C(CCCCNC(=O)C(c1ccccc1)c1ccccc1)C(=O)[O-])CC(=O)[O-]. The smallest absolute Gasteiger partial charge is 0.232 e. The third-order valence-electron chi connectivity index (χ3n) is 7.26. The first-order valence-electron chi connectivity index (χ1n) is 14.9. The molecule has 0 spiro atoms. The first-order chi connectivity index (χ1) is 22.4. The zero-order chi connectivity index (χ0) is 34.8. The van der Waals surface area contributed by atoms with Crippen LogP contribution < -0.4 is 30.8 Å². The topological polar surface area (TPSA) is 239 Å². The van der Waals surface area contributed by atoms with Crippen molar-refractivity contribution in [2.45, 2.75) is 31.2 Å². The molecule has 0 aromatic heterocycles. The van der Waals surface area contributed by atoms with Crippen LogP contribution in [0, 0.1) is 0 Å². The van der Waals surface area contributed by atoms with Gasteiger partial charge >= 0.3 is 0 Å². The average Bonchev–Trinajstić information content (AvgIpc) is 2.99. The Hall–Kier alpha value is -4.86. The number of rotatable bonds is 24. The van der Waals surface area contributed by atoms with Crippen molar-refractivity contribution in [2.24, 2.45) is 0 Å². The molecule has 15 nitrogen and oxygen atoms in total. The highest BCUT2D eigenvalue weighted by atomic mass is 16.4. The molecule has 1 amide bonds. The van der Waals surface area contributed by atoms with Gasteiger partial charge in [0.05, 0.1) is 35.8 Å². The summed E-state index contributed by atoms with van der Waals surface area (Å²) in [7, 11) is 0. The molecular formula is C32H37N4O11-5. The van der Waals surface area contributed by atoms with Gasteiger partial charge in [-0.2, -0.15) is 0 Å². The maximum Gasteiger partial charge on any atom is 0.232 e. The van der Waals surface area contributed by atoms with Gasteiger partial charge in [-0.1, -0.05) is 60.7 Å². The Bertz CT molecular complexity index is 1220. The quantitative estimate of drug-likeness (QED) is 0.104. The van der Waals surface area contributed by atoms with E-state index in [2.05, 4.69) is 5.32 Å². The minimum Gasteiger partial charge on any atom is -0.549 e. The van der Waals surface area contributed by atoms with Crippen LogP contribution in [-0.4, -0.2) is 115 Å². The summed E-state index contributed by atoms with van der Waals surface area (Å²) < 4.78 is 0. The van der Waals surface area contributed by atoms with Gasteiger partial charge in [0.15, 0.2) is 0 Å². The Kier molecular flexibility index (Phi) is 16.6. The van der Waals surface area contributed by atoms with Crippen LogP contribution in [0.25, 0.3) is 0 Å². The van der Waals surface area contributed by atoms with E-state index in [1.807, 2.05) is 60.7 Å². The molecule has 2 aromatic rings.